The number of imidazole rings is 1. The Hall–Kier alpha value is -3.54. The normalized spacial score (nSPS) is 11.0. The second-order valence-electron chi connectivity index (χ2n) is 6.86. The minimum absolute atomic E-state index is 0.118. The summed E-state index contributed by atoms with van der Waals surface area (Å²) in [6, 6.07) is 11.3. The van der Waals surface area contributed by atoms with Gasteiger partial charge in [-0.05, 0) is 57.0 Å². The zero-order chi connectivity index (χ0) is 22.5. The maximum absolute atomic E-state index is 11.9. The molecule has 0 atom stereocenters. The predicted molar refractivity (Wildman–Crippen MR) is 120 cm³/mol. The van der Waals surface area contributed by atoms with Gasteiger partial charge in [0.15, 0.2) is 0 Å². The van der Waals surface area contributed by atoms with Crippen molar-refractivity contribution in [3.8, 4) is 12.0 Å². The molecule has 4 rings (SSSR count). The van der Waals surface area contributed by atoms with Crippen molar-refractivity contribution < 1.29 is 14.3 Å². The van der Waals surface area contributed by atoms with Gasteiger partial charge in [-0.1, -0.05) is 30.6 Å². The molecule has 0 radical (unpaired) electrons. The van der Waals surface area contributed by atoms with E-state index < -0.39 is 6.09 Å². The first-order chi connectivity index (χ1) is 15.6. The van der Waals surface area contributed by atoms with Gasteiger partial charge in [-0.25, -0.2) is 19.0 Å². The van der Waals surface area contributed by atoms with Gasteiger partial charge in [-0.15, -0.1) is 0 Å². The molecule has 0 aliphatic carbocycles. The van der Waals surface area contributed by atoms with Gasteiger partial charge in [0.25, 0.3) is 5.95 Å². The zero-order valence-electron chi connectivity index (χ0n) is 17.5. The van der Waals surface area contributed by atoms with Crippen molar-refractivity contribution in [2.45, 2.75) is 26.4 Å². The van der Waals surface area contributed by atoms with E-state index in [9.17, 15) is 4.79 Å². The summed E-state index contributed by atoms with van der Waals surface area (Å²) in [6.07, 6.45) is 1.22. The summed E-state index contributed by atoms with van der Waals surface area (Å²) in [4.78, 5) is 20.9. The Morgan fingerprint density at radius 2 is 2.03 bits per heavy atom. The highest BCUT2D eigenvalue weighted by atomic mass is 79.9. The molecule has 1 aromatic carbocycles. The van der Waals surface area contributed by atoms with Crippen molar-refractivity contribution >= 4 is 38.9 Å². The minimum Gasteiger partial charge on any atom is -0.458 e. The van der Waals surface area contributed by atoms with Gasteiger partial charge in [0.05, 0.1) is 17.8 Å². The largest absolute Gasteiger partial charge is 0.458 e. The lowest BCUT2D eigenvalue weighted by molar-refractivity contribution is 0.159. The molecule has 166 valence electrons. The number of nitrogens with zero attached hydrogens (tertiary/aromatic N) is 7. The molecule has 0 bridgehead atoms. The maximum atomic E-state index is 11.9. The molecule has 0 spiro atoms. The number of carbonyl (C=O) groups excluding carboxylic acids is 1. The molecule has 0 unspecified atom stereocenters. The van der Waals surface area contributed by atoms with Crippen LogP contribution in [0.3, 0.4) is 0 Å². The number of ether oxygens (including phenoxy) is 2. The molecule has 3 aromatic heterocycles. The predicted octanol–water partition coefficient (Wildman–Crippen LogP) is 3.63. The van der Waals surface area contributed by atoms with Crippen LogP contribution >= 0.6 is 15.9 Å². The number of hydrogen-bond donors (Lipinski definition) is 1. The van der Waals surface area contributed by atoms with Gasteiger partial charge in [0, 0.05) is 11.5 Å². The lowest BCUT2D eigenvalue weighted by atomic mass is 10.3. The molecule has 0 fully saturated rings. The monoisotopic (exact) mass is 500 g/mol. The SMILES string of the molecule is CCCCOC(=O)Nc1cccc(COc2nc3c(Br)cccc3n2-c2nnnn2C)n1. The van der Waals surface area contributed by atoms with Gasteiger partial charge >= 0.3 is 12.1 Å². The fourth-order valence-electron chi connectivity index (χ4n) is 2.97. The van der Waals surface area contributed by atoms with E-state index in [4.69, 9.17) is 9.47 Å². The smallest absolute Gasteiger partial charge is 0.412 e. The van der Waals surface area contributed by atoms with E-state index in [1.165, 1.54) is 4.68 Å². The van der Waals surface area contributed by atoms with Crippen molar-refractivity contribution in [3.63, 3.8) is 0 Å². The fraction of sp³-hybridized carbons (Fsp3) is 0.300. The Bertz CT molecular complexity index is 1240. The summed E-state index contributed by atoms with van der Waals surface area (Å²) in [6.45, 7) is 2.51. The number of fused-ring (bicyclic) bond motifs is 1. The van der Waals surface area contributed by atoms with E-state index in [1.54, 1.807) is 29.8 Å². The third-order valence-electron chi connectivity index (χ3n) is 4.52. The first kappa shape index (κ1) is 21.7. The van der Waals surface area contributed by atoms with Crippen molar-refractivity contribution in [3.05, 3.63) is 46.6 Å². The number of nitrogens with one attached hydrogen (secondary N) is 1. The van der Waals surface area contributed by atoms with Crippen LogP contribution in [0.1, 0.15) is 25.5 Å². The van der Waals surface area contributed by atoms with Gasteiger partial charge in [-0.2, -0.15) is 4.98 Å². The zero-order valence-corrected chi connectivity index (χ0v) is 19.1. The van der Waals surface area contributed by atoms with E-state index in [0.717, 1.165) is 22.8 Å². The Labute approximate surface area is 191 Å². The van der Waals surface area contributed by atoms with Gasteiger partial charge in [-0.3, -0.25) is 5.32 Å². The second-order valence-corrected chi connectivity index (χ2v) is 7.71. The highest BCUT2D eigenvalue weighted by Crippen LogP contribution is 2.30. The average molecular weight is 501 g/mol. The second kappa shape index (κ2) is 9.73. The summed E-state index contributed by atoms with van der Waals surface area (Å²) in [7, 11) is 1.74. The topological polar surface area (TPSA) is 122 Å². The molecule has 32 heavy (non-hydrogen) atoms. The summed E-state index contributed by atoms with van der Waals surface area (Å²) in [5.74, 6) is 0.833. The van der Waals surface area contributed by atoms with E-state index >= 15 is 0 Å². The van der Waals surface area contributed by atoms with Crippen LogP contribution in [0, 0.1) is 0 Å². The van der Waals surface area contributed by atoms with Gasteiger partial charge in [0.1, 0.15) is 17.9 Å². The summed E-state index contributed by atoms with van der Waals surface area (Å²) < 4.78 is 15.2. The lowest BCUT2D eigenvalue weighted by Crippen LogP contribution is -2.16. The number of rotatable bonds is 8. The highest BCUT2D eigenvalue weighted by molar-refractivity contribution is 9.10. The Balaban J connectivity index is 1.54. The molecule has 0 saturated heterocycles. The molecule has 1 amide bonds. The molecule has 0 aliphatic heterocycles. The number of amides is 1. The molecule has 0 saturated carbocycles. The number of aromatic nitrogens is 7. The standard InChI is InChI=1S/C20H21BrN8O3/c1-3-4-11-31-20(30)23-16-10-5-7-13(22-16)12-32-19-24-17-14(21)8-6-9-15(17)29(19)18-25-26-27-28(18)2/h5-10H,3-4,11-12H2,1-2H3,(H,22,23,30). The number of anilines is 1. The van der Waals surface area contributed by atoms with Crippen molar-refractivity contribution in [2.75, 3.05) is 11.9 Å². The minimum atomic E-state index is -0.537. The number of halogens is 1. The summed E-state index contributed by atoms with van der Waals surface area (Å²) >= 11 is 3.52. The van der Waals surface area contributed by atoms with Crippen LogP contribution in [0.4, 0.5) is 10.6 Å². The number of para-hydroxylation sites is 1. The van der Waals surface area contributed by atoms with Gasteiger partial charge < -0.3 is 9.47 Å². The van der Waals surface area contributed by atoms with E-state index in [2.05, 4.69) is 46.7 Å². The molecule has 12 heteroatoms. The van der Waals surface area contributed by atoms with Crippen LogP contribution in [0.15, 0.2) is 40.9 Å². The van der Waals surface area contributed by atoms with Crippen LogP contribution in [0.5, 0.6) is 6.01 Å². The average Bonchev–Trinajstić information content (AvgIpc) is 3.36. The summed E-state index contributed by atoms with van der Waals surface area (Å²) in [5.41, 5.74) is 2.10. The molecular weight excluding hydrogens is 480 g/mol. The molecular formula is C20H21BrN8O3. The quantitative estimate of drug-likeness (QED) is 0.364. The summed E-state index contributed by atoms with van der Waals surface area (Å²) in [5, 5.41) is 14.3. The van der Waals surface area contributed by atoms with E-state index in [0.29, 0.717) is 35.6 Å². The maximum Gasteiger partial charge on any atom is 0.412 e. The Morgan fingerprint density at radius 1 is 1.19 bits per heavy atom. The third-order valence-corrected chi connectivity index (χ3v) is 5.16. The van der Waals surface area contributed by atoms with Crippen molar-refractivity contribution in [2.24, 2.45) is 7.05 Å². The molecule has 3 heterocycles. The first-order valence-electron chi connectivity index (χ1n) is 9.99. The molecule has 1 N–H and O–H groups in total. The molecule has 4 aromatic rings. The fourth-order valence-corrected chi connectivity index (χ4v) is 3.41. The number of hydrogen-bond acceptors (Lipinski definition) is 8. The van der Waals surface area contributed by atoms with Crippen molar-refractivity contribution in [1.29, 1.82) is 0 Å². The number of tetrazole rings is 1. The third kappa shape index (κ3) is 4.69. The van der Waals surface area contributed by atoms with Crippen molar-refractivity contribution in [1.82, 2.24) is 34.7 Å². The number of benzene rings is 1. The van der Waals surface area contributed by atoms with E-state index in [1.807, 2.05) is 25.1 Å². The van der Waals surface area contributed by atoms with Crippen LogP contribution in [0.25, 0.3) is 17.0 Å². The number of unbranched alkanes of at least 4 members (excludes halogenated alkanes) is 1. The Kier molecular flexibility index (Phi) is 6.59. The first-order valence-corrected chi connectivity index (χ1v) is 10.8. The lowest BCUT2D eigenvalue weighted by Gasteiger charge is -2.09. The van der Waals surface area contributed by atoms with E-state index in [-0.39, 0.29) is 6.61 Å². The van der Waals surface area contributed by atoms with Crippen LogP contribution < -0.4 is 10.1 Å². The number of carbonyl (C=O) groups is 1. The molecule has 11 nitrogen and oxygen atoms in total. The number of aryl methyl sites for hydroxylation is 1. The van der Waals surface area contributed by atoms with Crippen LogP contribution in [0.2, 0.25) is 0 Å². The van der Waals surface area contributed by atoms with Crippen LogP contribution in [-0.2, 0) is 18.4 Å². The number of pyridine rings is 1. The Morgan fingerprint density at radius 3 is 2.81 bits per heavy atom. The molecule has 0 aliphatic rings. The van der Waals surface area contributed by atoms with Crippen LogP contribution in [-0.4, -0.2) is 47.4 Å². The highest BCUT2D eigenvalue weighted by Gasteiger charge is 2.19. The van der Waals surface area contributed by atoms with Gasteiger partial charge in [0.2, 0.25) is 0 Å².